The first-order valence-electron chi connectivity index (χ1n) is 7.04. The van der Waals surface area contributed by atoms with E-state index in [2.05, 4.69) is 16.8 Å². The number of allylic oxidation sites excluding steroid dienone is 1. The van der Waals surface area contributed by atoms with Crippen LogP contribution in [0.1, 0.15) is 0 Å². The molecule has 3 aromatic rings. The normalized spacial score (nSPS) is 11.3. The summed E-state index contributed by atoms with van der Waals surface area (Å²) >= 11 is 0. The van der Waals surface area contributed by atoms with E-state index in [4.69, 9.17) is 0 Å². The second-order valence-corrected chi connectivity index (χ2v) is 6.74. The molecule has 0 bridgehead atoms. The van der Waals surface area contributed by atoms with Crippen LogP contribution in [0.15, 0.2) is 83.2 Å². The van der Waals surface area contributed by atoms with Crippen LogP contribution in [-0.2, 0) is 16.4 Å². The van der Waals surface area contributed by atoms with E-state index >= 15 is 0 Å². The monoisotopic (exact) mass is 325 g/mol. The quantitative estimate of drug-likeness (QED) is 0.677. The van der Waals surface area contributed by atoms with Gasteiger partial charge in [0.2, 0.25) is 14.9 Å². The average Bonchev–Trinajstić information content (AvgIpc) is 3.02. The number of hydrogen-bond donors (Lipinski definition) is 0. The molecule has 0 saturated heterocycles. The fourth-order valence-electron chi connectivity index (χ4n) is 2.20. The van der Waals surface area contributed by atoms with Crippen molar-refractivity contribution in [1.29, 1.82) is 0 Å². The lowest BCUT2D eigenvalue weighted by molar-refractivity contribution is 0.570. The number of sulfone groups is 1. The minimum atomic E-state index is -3.74. The van der Waals surface area contributed by atoms with Crippen molar-refractivity contribution in [3.05, 3.63) is 73.3 Å². The molecule has 0 radical (unpaired) electrons. The molecule has 0 unspecified atom stereocenters. The zero-order valence-corrected chi connectivity index (χ0v) is 13.1. The number of hydrogen-bond acceptors (Lipinski definition) is 4. The lowest BCUT2D eigenvalue weighted by Crippen LogP contribution is -2.05. The Hall–Kier alpha value is -2.73. The van der Waals surface area contributed by atoms with Crippen LogP contribution in [0.2, 0.25) is 0 Å². The third kappa shape index (κ3) is 2.93. The van der Waals surface area contributed by atoms with E-state index in [1.54, 1.807) is 36.4 Å². The van der Waals surface area contributed by atoms with Gasteiger partial charge < -0.3 is 0 Å². The Kier molecular flexibility index (Phi) is 4.08. The predicted molar refractivity (Wildman–Crippen MR) is 87.5 cm³/mol. The molecule has 1 aromatic heterocycles. The SMILES string of the molecule is C=CCn1nc(-c2ccccc2)c(S(=O)(=O)c2ccccc2)n1. The van der Waals surface area contributed by atoms with E-state index in [9.17, 15) is 8.42 Å². The first-order chi connectivity index (χ1) is 11.1. The smallest absolute Gasteiger partial charge is 0.217 e. The molecule has 0 spiro atoms. The Morgan fingerprint density at radius 2 is 1.57 bits per heavy atom. The van der Waals surface area contributed by atoms with E-state index < -0.39 is 9.84 Å². The maximum absolute atomic E-state index is 12.9. The molecule has 0 N–H and O–H groups in total. The van der Waals surface area contributed by atoms with Gasteiger partial charge in [0.15, 0.2) is 0 Å². The van der Waals surface area contributed by atoms with Gasteiger partial charge in [-0.25, -0.2) is 8.42 Å². The summed E-state index contributed by atoms with van der Waals surface area (Å²) in [7, 11) is -3.74. The molecule has 23 heavy (non-hydrogen) atoms. The van der Waals surface area contributed by atoms with Gasteiger partial charge in [0.05, 0.1) is 11.4 Å². The second kappa shape index (κ2) is 6.18. The Morgan fingerprint density at radius 1 is 0.957 bits per heavy atom. The maximum atomic E-state index is 12.9. The summed E-state index contributed by atoms with van der Waals surface area (Å²) in [5.74, 6) is 0. The predicted octanol–water partition coefficient (Wildman–Crippen LogP) is 2.96. The zero-order valence-electron chi connectivity index (χ0n) is 12.3. The van der Waals surface area contributed by atoms with E-state index in [0.717, 1.165) is 0 Å². The van der Waals surface area contributed by atoms with Gasteiger partial charge in [0.1, 0.15) is 5.69 Å². The van der Waals surface area contributed by atoms with Crippen molar-refractivity contribution in [2.24, 2.45) is 0 Å². The fraction of sp³-hybridized carbons (Fsp3) is 0.0588. The van der Waals surface area contributed by atoms with Crippen LogP contribution >= 0.6 is 0 Å². The number of rotatable bonds is 5. The molecule has 0 amide bonds. The number of nitrogens with zero attached hydrogens (tertiary/aromatic N) is 3. The van der Waals surface area contributed by atoms with Gasteiger partial charge in [0.25, 0.3) is 0 Å². The van der Waals surface area contributed by atoms with Crippen LogP contribution in [0.3, 0.4) is 0 Å². The van der Waals surface area contributed by atoms with Crippen molar-refractivity contribution in [2.75, 3.05) is 0 Å². The van der Waals surface area contributed by atoms with E-state index in [0.29, 0.717) is 17.8 Å². The third-order valence-corrected chi connectivity index (χ3v) is 4.95. The van der Waals surface area contributed by atoms with Gasteiger partial charge in [0, 0.05) is 5.56 Å². The van der Waals surface area contributed by atoms with Crippen molar-refractivity contribution >= 4 is 9.84 Å². The molecule has 0 aliphatic carbocycles. The van der Waals surface area contributed by atoms with Crippen molar-refractivity contribution in [2.45, 2.75) is 16.5 Å². The van der Waals surface area contributed by atoms with Crippen molar-refractivity contribution in [3.63, 3.8) is 0 Å². The lowest BCUT2D eigenvalue weighted by Gasteiger charge is -2.03. The van der Waals surface area contributed by atoms with Gasteiger partial charge >= 0.3 is 0 Å². The minimum Gasteiger partial charge on any atom is -0.217 e. The molecule has 3 rings (SSSR count). The molecule has 0 fully saturated rings. The molecule has 6 heteroatoms. The molecule has 0 aliphatic heterocycles. The van der Waals surface area contributed by atoms with Gasteiger partial charge in [-0.3, -0.25) is 0 Å². The molecule has 0 atom stereocenters. The summed E-state index contributed by atoms with van der Waals surface area (Å²) in [6, 6.07) is 17.4. The second-order valence-electron chi connectivity index (χ2n) is 4.88. The first kappa shape index (κ1) is 15.2. The summed E-state index contributed by atoms with van der Waals surface area (Å²) < 4.78 is 25.8. The van der Waals surface area contributed by atoms with Crippen LogP contribution in [0.25, 0.3) is 11.3 Å². The Morgan fingerprint density at radius 3 is 2.17 bits per heavy atom. The van der Waals surface area contributed by atoms with Gasteiger partial charge in [-0.15, -0.1) is 11.7 Å². The van der Waals surface area contributed by atoms with Gasteiger partial charge in [-0.2, -0.15) is 9.90 Å². The van der Waals surface area contributed by atoms with E-state index in [-0.39, 0.29) is 9.92 Å². The topological polar surface area (TPSA) is 64.8 Å². The highest BCUT2D eigenvalue weighted by molar-refractivity contribution is 7.91. The summed E-state index contributed by atoms with van der Waals surface area (Å²) in [4.78, 5) is 1.54. The number of benzene rings is 2. The van der Waals surface area contributed by atoms with Crippen molar-refractivity contribution < 1.29 is 8.42 Å². The molecule has 0 saturated carbocycles. The maximum Gasteiger partial charge on any atom is 0.227 e. The highest BCUT2D eigenvalue weighted by atomic mass is 32.2. The molecule has 0 aliphatic rings. The highest BCUT2D eigenvalue weighted by Crippen LogP contribution is 2.28. The summed E-state index contributed by atoms with van der Waals surface area (Å²) in [5, 5.41) is 8.44. The molecule has 1 heterocycles. The minimum absolute atomic E-state index is 0.0447. The zero-order chi connectivity index (χ0) is 16.3. The summed E-state index contributed by atoms with van der Waals surface area (Å²) in [6.07, 6.45) is 1.62. The van der Waals surface area contributed by atoms with Crippen molar-refractivity contribution in [1.82, 2.24) is 15.0 Å². The molecule has 5 nitrogen and oxygen atoms in total. The van der Waals surface area contributed by atoms with Crippen LogP contribution in [-0.4, -0.2) is 23.4 Å². The van der Waals surface area contributed by atoms with Crippen LogP contribution < -0.4 is 0 Å². The largest absolute Gasteiger partial charge is 0.227 e. The van der Waals surface area contributed by atoms with Gasteiger partial charge in [-0.05, 0) is 12.1 Å². The third-order valence-electron chi connectivity index (χ3n) is 3.27. The molecule has 2 aromatic carbocycles. The molecular weight excluding hydrogens is 310 g/mol. The lowest BCUT2D eigenvalue weighted by atomic mass is 10.2. The van der Waals surface area contributed by atoms with Crippen LogP contribution in [0.4, 0.5) is 0 Å². The average molecular weight is 325 g/mol. The fourth-order valence-corrected chi connectivity index (χ4v) is 3.55. The van der Waals surface area contributed by atoms with E-state index in [1.165, 1.54) is 4.80 Å². The standard InChI is InChI=1S/C17H15N3O2S/c1-2-13-20-18-16(14-9-5-3-6-10-14)17(19-20)23(21,22)15-11-7-4-8-12-15/h2-12H,1,13H2. The first-order valence-corrected chi connectivity index (χ1v) is 8.53. The molecular formula is C17H15N3O2S. The van der Waals surface area contributed by atoms with E-state index in [1.807, 2.05) is 30.3 Å². The summed E-state index contributed by atoms with van der Waals surface area (Å²) in [6.45, 7) is 3.98. The van der Waals surface area contributed by atoms with Crippen LogP contribution in [0.5, 0.6) is 0 Å². The van der Waals surface area contributed by atoms with Crippen molar-refractivity contribution in [3.8, 4) is 11.3 Å². The van der Waals surface area contributed by atoms with Gasteiger partial charge in [-0.1, -0.05) is 54.6 Å². The Bertz CT molecular complexity index is 917. The highest BCUT2D eigenvalue weighted by Gasteiger charge is 2.27. The summed E-state index contributed by atoms with van der Waals surface area (Å²) in [5.41, 5.74) is 1.05. The Labute approximate surface area is 134 Å². The Balaban J connectivity index is 2.20. The molecule has 116 valence electrons. The van der Waals surface area contributed by atoms with Crippen LogP contribution in [0, 0.1) is 0 Å². The number of aromatic nitrogens is 3.